The van der Waals surface area contributed by atoms with Crippen molar-refractivity contribution in [1.29, 1.82) is 0 Å². The zero-order chi connectivity index (χ0) is 22.0. The van der Waals surface area contributed by atoms with Crippen LogP contribution >= 0.6 is 0 Å². The maximum absolute atomic E-state index is 13.3. The fraction of sp³-hybridized carbons (Fsp3) is 0.440. The summed E-state index contributed by atoms with van der Waals surface area (Å²) in [6.45, 7) is 7.84. The number of carbonyl (C=O) groups excluding carboxylic acids is 2. The number of benzene rings is 2. The largest absolute Gasteiger partial charge is 0.486 e. The number of anilines is 2. The third-order valence-electron chi connectivity index (χ3n) is 6.30. The highest BCUT2D eigenvalue weighted by atomic mass is 16.5. The summed E-state index contributed by atoms with van der Waals surface area (Å²) in [6, 6.07) is 13.7. The third kappa shape index (κ3) is 4.53. The van der Waals surface area contributed by atoms with Crippen molar-refractivity contribution in [1.82, 2.24) is 4.90 Å². The summed E-state index contributed by atoms with van der Waals surface area (Å²) < 4.78 is 6.01. The van der Waals surface area contributed by atoms with E-state index in [1.165, 1.54) is 5.56 Å². The van der Waals surface area contributed by atoms with E-state index in [1.54, 1.807) is 0 Å². The number of carbonyl (C=O) groups is 2. The van der Waals surface area contributed by atoms with E-state index in [1.807, 2.05) is 60.0 Å². The number of ether oxygens (including phenoxy) is 1. The van der Waals surface area contributed by atoms with Crippen molar-refractivity contribution in [3.05, 3.63) is 53.6 Å². The van der Waals surface area contributed by atoms with Crippen LogP contribution in [-0.4, -0.2) is 42.6 Å². The van der Waals surface area contributed by atoms with Gasteiger partial charge >= 0.3 is 6.03 Å². The maximum atomic E-state index is 13.3. The predicted molar refractivity (Wildman–Crippen MR) is 123 cm³/mol. The second-order valence-electron chi connectivity index (χ2n) is 8.58. The van der Waals surface area contributed by atoms with Gasteiger partial charge in [-0.1, -0.05) is 36.8 Å². The minimum atomic E-state index is -0.0786. The molecule has 0 spiro atoms. The Balaban J connectivity index is 1.38. The zero-order valence-electron chi connectivity index (χ0n) is 18.6. The van der Waals surface area contributed by atoms with Gasteiger partial charge < -0.3 is 15.0 Å². The molecule has 0 bridgehead atoms. The van der Waals surface area contributed by atoms with Gasteiger partial charge in [-0.15, -0.1) is 0 Å². The summed E-state index contributed by atoms with van der Waals surface area (Å²) >= 11 is 0. The number of hydrogen-bond acceptors (Lipinski definition) is 3. The molecule has 1 saturated heterocycles. The Bertz CT molecular complexity index is 966. The van der Waals surface area contributed by atoms with Crippen molar-refractivity contribution >= 4 is 23.3 Å². The number of urea groups is 1. The van der Waals surface area contributed by atoms with E-state index >= 15 is 0 Å². The number of para-hydroxylation sites is 2. The smallest absolute Gasteiger partial charge is 0.324 e. The first-order valence-electron chi connectivity index (χ1n) is 11.2. The number of rotatable bonds is 3. The van der Waals surface area contributed by atoms with Crippen LogP contribution in [0.25, 0.3) is 0 Å². The molecular weight excluding hydrogens is 390 g/mol. The third-order valence-corrected chi connectivity index (χ3v) is 6.30. The van der Waals surface area contributed by atoms with Crippen molar-refractivity contribution in [3.8, 4) is 5.75 Å². The second kappa shape index (κ2) is 9.00. The van der Waals surface area contributed by atoms with Crippen LogP contribution in [0.4, 0.5) is 16.2 Å². The quantitative estimate of drug-likeness (QED) is 0.778. The Morgan fingerprint density at radius 3 is 2.55 bits per heavy atom. The lowest BCUT2D eigenvalue weighted by Gasteiger charge is -2.39. The molecule has 164 valence electrons. The molecule has 2 aliphatic heterocycles. The van der Waals surface area contributed by atoms with Crippen LogP contribution in [0, 0.1) is 19.8 Å². The molecule has 1 atom stereocenters. The summed E-state index contributed by atoms with van der Waals surface area (Å²) in [5.74, 6) is 0.726. The van der Waals surface area contributed by atoms with E-state index in [9.17, 15) is 9.59 Å². The number of fused-ring (bicyclic) bond motifs is 1. The molecular formula is C25H31N3O3. The summed E-state index contributed by atoms with van der Waals surface area (Å²) in [5, 5.41) is 3.07. The van der Waals surface area contributed by atoms with Crippen LogP contribution in [0.2, 0.25) is 0 Å². The van der Waals surface area contributed by atoms with Crippen LogP contribution in [0.15, 0.2) is 42.5 Å². The van der Waals surface area contributed by atoms with Gasteiger partial charge in [0.05, 0.1) is 12.2 Å². The molecule has 1 N–H and O–H groups in total. The highest BCUT2D eigenvalue weighted by Gasteiger charge is 2.34. The number of nitrogens with zero attached hydrogens (tertiary/aromatic N) is 2. The van der Waals surface area contributed by atoms with Gasteiger partial charge in [-0.05, 0) is 56.9 Å². The van der Waals surface area contributed by atoms with Gasteiger partial charge in [0.1, 0.15) is 11.9 Å². The van der Waals surface area contributed by atoms with Crippen LogP contribution in [0.1, 0.15) is 37.3 Å². The summed E-state index contributed by atoms with van der Waals surface area (Å²) in [7, 11) is 0. The lowest BCUT2D eigenvalue weighted by atomic mass is 9.95. The van der Waals surface area contributed by atoms with E-state index in [2.05, 4.69) is 18.3 Å². The summed E-state index contributed by atoms with van der Waals surface area (Å²) in [5.41, 5.74) is 3.94. The first-order chi connectivity index (χ1) is 15.0. The average molecular weight is 422 g/mol. The molecule has 0 aliphatic carbocycles. The predicted octanol–water partition coefficient (Wildman–Crippen LogP) is 4.75. The van der Waals surface area contributed by atoms with Crippen molar-refractivity contribution in [3.63, 3.8) is 0 Å². The molecule has 6 heteroatoms. The second-order valence-corrected chi connectivity index (χ2v) is 8.58. The number of piperidine rings is 1. The Hall–Kier alpha value is -3.02. The van der Waals surface area contributed by atoms with Gasteiger partial charge in [-0.2, -0.15) is 0 Å². The van der Waals surface area contributed by atoms with E-state index in [0.717, 1.165) is 29.1 Å². The average Bonchev–Trinajstić information content (AvgIpc) is 2.79. The molecule has 6 nitrogen and oxygen atoms in total. The van der Waals surface area contributed by atoms with Gasteiger partial charge in [0.25, 0.3) is 0 Å². The van der Waals surface area contributed by atoms with Crippen LogP contribution in [-0.2, 0) is 4.79 Å². The molecule has 4 rings (SSSR count). The molecule has 0 saturated carbocycles. The molecule has 31 heavy (non-hydrogen) atoms. The first kappa shape index (κ1) is 21.2. The van der Waals surface area contributed by atoms with Crippen molar-refractivity contribution < 1.29 is 14.3 Å². The Morgan fingerprint density at radius 2 is 1.84 bits per heavy atom. The van der Waals surface area contributed by atoms with E-state index in [-0.39, 0.29) is 24.0 Å². The number of nitrogens with one attached hydrogen (secondary N) is 1. The van der Waals surface area contributed by atoms with E-state index in [0.29, 0.717) is 32.5 Å². The van der Waals surface area contributed by atoms with Crippen LogP contribution in [0.3, 0.4) is 0 Å². The molecule has 0 radical (unpaired) electrons. The van der Waals surface area contributed by atoms with Gasteiger partial charge in [0.2, 0.25) is 5.91 Å². The Morgan fingerprint density at radius 1 is 1.10 bits per heavy atom. The van der Waals surface area contributed by atoms with Gasteiger partial charge in [-0.3, -0.25) is 9.69 Å². The SMILES string of the molecule is CC[C@H]1CN(C(=O)N2CCC(C(=O)Nc3ccc(C)cc3C)CC2)c2ccccc2O1. The number of hydrogen-bond donors (Lipinski definition) is 1. The molecule has 2 aromatic rings. The normalized spacial score (nSPS) is 18.9. The molecule has 0 aromatic heterocycles. The maximum Gasteiger partial charge on any atom is 0.324 e. The monoisotopic (exact) mass is 421 g/mol. The fourth-order valence-corrected chi connectivity index (χ4v) is 4.38. The lowest BCUT2D eigenvalue weighted by molar-refractivity contribution is -0.121. The first-order valence-corrected chi connectivity index (χ1v) is 11.2. The lowest BCUT2D eigenvalue weighted by Crippen LogP contribution is -2.52. The standard InChI is InChI=1S/C25H31N3O3/c1-4-20-16-28(22-7-5-6-8-23(22)31-20)25(30)27-13-11-19(12-14-27)24(29)26-21-10-9-17(2)15-18(21)3/h5-10,15,19-20H,4,11-14,16H2,1-3H3,(H,26,29)/t20-/m0/s1. The molecule has 0 unspecified atom stereocenters. The van der Waals surface area contributed by atoms with Crippen LogP contribution in [0.5, 0.6) is 5.75 Å². The summed E-state index contributed by atoms with van der Waals surface area (Å²) in [6.07, 6.45) is 2.19. The number of amides is 3. The molecule has 1 fully saturated rings. The highest BCUT2D eigenvalue weighted by molar-refractivity contribution is 5.95. The molecule has 2 heterocycles. The number of aryl methyl sites for hydroxylation is 2. The Labute approximate surface area is 184 Å². The minimum absolute atomic E-state index is 0.0000781. The highest BCUT2D eigenvalue weighted by Crippen LogP contribution is 2.35. The number of likely N-dealkylation sites (tertiary alicyclic amines) is 1. The van der Waals surface area contributed by atoms with E-state index < -0.39 is 0 Å². The van der Waals surface area contributed by atoms with Gasteiger partial charge in [-0.25, -0.2) is 4.79 Å². The minimum Gasteiger partial charge on any atom is -0.486 e. The fourth-order valence-electron chi connectivity index (χ4n) is 4.38. The van der Waals surface area contributed by atoms with Gasteiger partial charge in [0.15, 0.2) is 0 Å². The van der Waals surface area contributed by atoms with Gasteiger partial charge in [0, 0.05) is 24.7 Å². The van der Waals surface area contributed by atoms with Crippen molar-refractivity contribution in [2.45, 2.75) is 46.1 Å². The molecule has 2 aromatic carbocycles. The van der Waals surface area contributed by atoms with Crippen molar-refractivity contribution in [2.24, 2.45) is 5.92 Å². The topological polar surface area (TPSA) is 61.9 Å². The zero-order valence-corrected chi connectivity index (χ0v) is 18.6. The molecule has 3 amide bonds. The Kier molecular flexibility index (Phi) is 6.16. The van der Waals surface area contributed by atoms with Crippen LogP contribution < -0.4 is 15.0 Å². The van der Waals surface area contributed by atoms with Crippen molar-refractivity contribution in [2.75, 3.05) is 29.9 Å². The summed E-state index contributed by atoms with van der Waals surface area (Å²) in [4.78, 5) is 29.8. The van der Waals surface area contributed by atoms with E-state index in [4.69, 9.17) is 4.74 Å². The molecule has 2 aliphatic rings.